The summed E-state index contributed by atoms with van der Waals surface area (Å²) in [4.78, 5) is 14.3. The van der Waals surface area contributed by atoms with Gasteiger partial charge in [-0.2, -0.15) is 13.2 Å². The molecule has 130 valence electrons. The summed E-state index contributed by atoms with van der Waals surface area (Å²) in [5.74, 6) is -0.0875. The maximum absolute atomic E-state index is 12.6. The molecule has 6 heteroatoms. The van der Waals surface area contributed by atoms with E-state index in [4.69, 9.17) is 4.74 Å². The number of carbonyl (C=O) groups is 1. The number of hydrogen-bond donors (Lipinski definition) is 0. The highest BCUT2D eigenvalue weighted by molar-refractivity contribution is 5.79. The van der Waals surface area contributed by atoms with Crippen molar-refractivity contribution in [3.63, 3.8) is 0 Å². The van der Waals surface area contributed by atoms with Gasteiger partial charge in [-0.3, -0.25) is 4.79 Å². The highest BCUT2D eigenvalue weighted by Gasteiger charge is 2.30. The van der Waals surface area contributed by atoms with Crippen molar-refractivity contribution >= 4 is 5.91 Å². The highest BCUT2D eigenvalue weighted by Crippen LogP contribution is 2.29. The summed E-state index contributed by atoms with van der Waals surface area (Å²) in [6, 6.07) is 4.87. The van der Waals surface area contributed by atoms with Gasteiger partial charge in [-0.05, 0) is 30.5 Å². The van der Waals surface area contributed by atoms with Crippen LogP contribution >= 0.6 is 0 Å². The fourth-order valence-electron chi connectivity index (χ4n) is 2.52. The third-order valence-corrected chi connectivity index (χ3v) is 3.88. The molecule has 0 aliphatic carbocycles. The summed E-state index contributed by atoms with van der Waals surface area (Å²) in [6.07, 6.45) is -2.60. The average molecular weight is 331 g/mol. The van der Waals surface area contributed by atoms with Crippen molar-refractivity contribution in [2.75, 3.05) is 20.3 Å². The second-order valence-electron chi connectivity index (χ2n) is 5.42. The standard InChI is InChI=1S/C17H24F3NO2/c1-4-15(5-2)21(10-11-23-3)16(22)12-13-6-8-14(9-7-13)17(18,19)20/h6-9,15H,4-5,10-12H2,1-3H3. The first-order chi connectivity index (χ1) is 10.8. The van der Waals surface area contributed by atoms with E-state index in [0.717, 1.165) is 25.0 Å². The average Bonchev–Trinajstić information content (AvgIpc) is 2.51. The SMILES string of the molecule is CCC(CC)N(CCOC)C(=O)Cc1ccc(C(F)(F)F)cc1. The summed E-state index contributed by atoms with van der Waals surface area (Å²) < 4.78 is 42.7. The molecule has 0 saturated carbocycles. The van der Waals surface area contributed by atoms with Crippen molar-refractivity contribution in [2.24, 2.45) is 0 Å². The number of carbonyl (C=O) groups excluding carboxylic acids is 1. The Balaban J connectivity index is 2.81. The summed E-state index contributed by atoms with van der Waals surface area (Å²) in [7, 11) is 1.57. The summed E-state index contributed by atoms with van der Waals surface area (Å²) >= 11 is 0. The van der Waals surface area contributed by atoms with Gasteiger partial charge >= 0.3 is 6.18 Å². The minimum atomic E-state index is -4.36. The Hall–Kier alpha value is -1.56. The van der Waals surface area contributed by atoms with Crippen molar-refractivity contribution in [2.45, 2.75) is 45.3 Å². The zero-order chi connectivity index (χ0) is 17.5. The lowest BCUT2D eigenvalue weighted by atomic mass is 10.1. The molecule has 0 spiro atoms. The minimum absolute atomic E-state index is 0.0875. The van der Waals surface area contributed by atoms with Crippen molar-refractivity contribution in [3.05, 3.63) is 35.4 Å². The molecule has 1 aromatic rings. The molecule has 0 radical (unpaired) electrons. The number of amides is 1. The Morgan fingerprint density at radius 2 is 1.74 bits per heavy atom. The van der Waals surface area contributed by atoms with Crippen LogP contribution in [0.4, 0.5) is 13.2 Å². The number of halogens is 3. The largest absolute Gasteiger partial charge is 0.416 e. The number of ether oxygens (including phenoxy) is 1. The van der Waals surface area contributed by atoms with E-state index in [2.05, 4.69) is 0 Å². The number of benzene rings is 1. The summed E-state index contributed by atoms with van der Waals surface area (Å²) in [5.41, 5.74) is -0.124. The van der Waals surface area contributed by atoms with Crippen LogP contribution in [0.1, 0.15) is 37.8 Å². The number of alkyl halides is 3. The van der Waals surface area contributed by atoms with E-state index >= 15 is 0 Å². The molecular weight excluding hydrogens is 307 g/mol. The van der Waals surface area contributed by atoms with Gasteiger partial charge in [0.05, 0.1) is 18.6 Å². The second-order valence-corrected chi connectivity index (χ2v) is 5.42. The van der Waals surface area contributed by atoms with Crippen LogP contribution in [0.15, 0.2) is 24.3 Å². The lowest BCUT2D eigenvalue weighted by Crippen LogP contribution is -2.42. The molecule has 1 amide bonds. The van der Waals surface area contributed by atoms with E-state index in [1.807, 2.05) is 13.8 Å². The number of nitrogens with zero attached hydrogens (tertiary/aromatic N) is 1. The maximum atomic E-state index is 12.6. The monoisotopic (exact) mass is 331 g/mol. The van der Waals surface area contributed by atoms with Crippen LogP contribution in [-0.2, 0) is 22.1 Å². The zero-order valence-electron chi connectivity index (χ0n) is 13.8. The van der Waals surface area contributed by atoms with Crippen LogP contribution < -0.4 is 0 Å². The van der Waals surface area contributed by atoms with Crippen molar-refractivity contribution in [3.8, 4) is 0 Å². The van der Waals surface area contributed by atoms with Gasteiger partial charge in [-0.1, -0.05) is 26.0 Å². The summed E-state index contributed by atoms with van der Waals surface area (Å²) in [6.45, 7) is 4.95. The van der Waals surface area contributed by atoms with Gasteiger partial charge in [0.15, 0.2) is 0 Å². The Morgan fingerprint density at radius 3 is 2.17 bits per heavy atom. The summed E-state index contributed by atoms with van der Waals surface area (Å²) in [5, 5.41) is 0. The Labute approximate surface area is 135 Å². The first-order valence-electron chi connectivity index (χ1n) is 7.78. The van der Waals surface area contributed by atoms with E-state index in [1.165, 1.54) is 12.1 Å². The lowest BCUT2D eigenvalue weighted by molar-refractivity contribution is -0.137. The lowest BCUT2D eigenvalue weighted by Gasteiger charge is -2.30. The molecule has 3 nitrogen and oxygen atoms in total. The Bertz CT molecular complexity index is 482. The molecule has 0 heterocycles. The molecule has 1 rings (SSSR count). The molecule has 0 saturated heterocycles. The van der Waals surface area contributed by atoms with Gasteiger partial charge in [0.1, 0.15) is 0 Å². The van der Waals surface area contributed by atoms with Gasteiger partial charge in [0.25, 0.3) is 0 Å². The van der Waals surface area contributed by atoms with Crippen LogP contribution in [-0.4, -0.2) is 37.1 Å². The van der Waals surface area contributed by atoms with Crippen LogP contribution in [0.3, 0.4) is 0 Å². The number of hydrogen-bond acceptors (Lipinski definition) is 2. The Kier molecular flexibility index (Phi) is 7.55. The topological polar surface area (TPSA) is 29.5 Å². The molecule has 23 heavy (non-hydrogen) atoms. The first kappa shape index (κ1) is 19.5. The molecule has 0 atom stereocenters. The predicted molar refractivity (Wildman–Crippen MR) is 83.1 cm³/mol. The van der Waals surface area contributed by atoms with Crippen LogP contribution in [0.25, 0.3) is 0 Å². The predicted octanol–water partition coefficient (Wildman–Crippen LogP) is 3.91. The molecule has 0 fully saturated rings. The third-order valence-electron chi connectivity index (χ3n) is 3.88. The third kappa shape index (κ3) is 5.86. The molecule has 0 aromatic heterocycles. The fraction of sp³-hybridized carbons (Fsp3) is 0.588. The van der Waals surface area contributed by atoms with Gasteiger partial charge in [-0.25, -0.2) is 0 Å². The van der Waals surface area contributed by atoms with Crippen LogP contribution in [0.2, 0.25) is 0 Å². The highest BCUT2D eigenvalue weighted by atomic mass is 19.4. The van der Waals surface area contributed by atoms with Crippen molar-refractivity contribution in [1.29, 1.82) is 0 Å². The quantitative estimate of drug-likeness (QED) is 0.723. The minimum Gasteiger partial charge on any atom is -0.383 e. The van der Waals surface area contributed by atoms with Crippen LogP contribution in [0.5, 0.6) is 0 Å². The first-order valence-corrected chi connectivity index (χ1v) is 7.78. The van der Waals surface area contributed by atoms with Crippen molar-refractivity contribution < 1.29 is 22.7 Å². The molecule has 0 aliphatic heterocycles. The van der Waals surface area contributed by atoms with E-state index < -0.39 is 11.7 Å². The smallest absolute Gasteiger partial charge is 0.383 e. The van der Waals surface area contributed by atoms with Crippen LogP contribution in [0, 0.1) is 0 Å². The van der Waals surface area contributed by atoms with Gasteiger partial charge in [0.2, 0.25) is 5.91 Å². The normalized spacial score (nSPS) is 11.8. The van der Waals surface area contributed by atoms with Crippen molar-refractivity contribution in [1.82, 2.24) is 4.90 Å². The number of rotatable bonds is 8. The molecule has 0 aliphatic rings. The Morgan fingerprint density at radius 1 is 1.17 bits per heavy atom. The van der Waals surface area contributed by atoms with Gasteiger partial charge < -0.3 is 9.64 Å². The molecule has 0 N–H and O–H groups in total. The van der Waals surface area contributed by atoms with E-state index in [0.29, 0.717) is 18.7 Å². The van der Waals surface area contributed by atoms with E-state index in [1.54, 1.807) is 12.0 Å². The van der Waals surface area contributed by atoms with E-state index in [-0.39, 0.29) is 18.4 Å². The molecular formula is C17H24F3NO2. The fourth-order valence-corrected chi connectivity index (χ4v) is 2.52. The molecule has 0 unspecified atom stereocenters. The van der Waals surface area contributed by atoms with Gasteiger partial charge in [-0.15, -0.1) is 0 Å². The zero-order valence-corrected chi connectivity index (χ0v) is 13.8. The van der Waals surface area contributed by atoms with Gasteiger partial charge in [0, 0.05) is 19.7 Å². The number of methoxy groups -OCH3 is 1. The molecule has 1 aromatic carbocycles. The second kappa shape index (κ2) is 8.91. The van der Waals surface area contributed by atoms with E-state index in [9.17, 15) is 18.0 Å². The molecule has 0 bridgehead atoms. The maximum Gasteiger partial charge on any atom is 0.416 e.